The Labute approximate surface area is 118 Å². The molecule has 0 aromatic carbocycles. The van der Waals surface area contributed by atoms with Gasteiger partial charge in [-0.2, -0.15) is 13.2 Å². The maximum absolute atomic E-state index is 11.9. The van der Waals surface area contributed by atoms with Crippen molar-refractivity contribution in [3.05, 3.63) is 33.7 Å². The molecule has 1 aliphatic rings. The van der Waals surface area contributed by atoms with Crippen LogP contribution in [0, 0.1) is 0 Å². The molecule has 0 spiro atoms. The van der Waals surface area contributed by atoms with E-state index in [1.165, 1.54) is 6.07 Å². The highest BCUT2D eigenvalue weighted by Crippen LogP contribution is 2.27. The van der Waals surface area contributed by atoms with Crippen molar-refractivity contribution in [3.8, 4) is 0 Å². The molecule has 1 amide bonds. The summed E-state index contributed by atoms with van der Waals surface area (Å²) in [5.41, 5.74) is 1.34. The second-order valence-corrected chi connectivity index (χ2v) is 4.88. The van der Waals surface area contributed by atoms with Gasteiger partial charge >= 0.3 is 6.18 Å². The molecule has 2 rings (SSSR count). The van der Waals surface area contributed by atoms with E-state index in [0.717, 1.165) is 17.7 Å². The first-order chi connectivity index (χ1) is 9.85. The van der Waals surface area contributed by atoms with Crippen LogP contribution in [0.4, 0.5) is 13.2 Å². The van der Waals surface area contributed by atoms with Crippen LogP contribution in [0.15, 0.2) is 16.9 Å². The Bertz CT molecular complexity index is 569. The third-order valence-electron chi connectivity index (χ3n) is 3.17. The van der Waals surface area contributed by atoms with Gasteiger partial charge in [-0.25, -0.2) is 0 Å². The Balaban J connectivity index is 1.92. The average Bonchev–Trinajstić information content (AvgIpc) is 2.37. The summed E-state index contributed by atoms with van der Waals surface area (Å²) < 4.78 is 40.0. The van der Waals surface area contributed by atoms with E-state index in [4.69, 9.17) is 0 Å². The molecule has 1 atom stereocenters. The maximum atomic E-state index is 11.9. The fourth-order valence-corrected chi connectivity index (χ4v) is 2.35. The minimum atomic E-state index is -4.45. The number of hydrogen-bond donors (Lipinski definition) is 2. The van der Waals surface area contributed by atoms with Gasteiger partial charge in [0.1, 0.15) is 13.2 Å². The highest BCUT2D eigenvalue weighted by atomic mass is 19.4. The molecular formula is C13H15F3N2O3. The van der Waals surface area contributed by atoms with Crippen LogP contribution < -0.4 is 10.9 Å². The number of carbonyl (C=O) groups is 1. The number of aromatic nitrogens is 1. The van der Waals surface area contributed by atoms with Gasteiger partial charge in [0, 0.05) is 11.8 Å². The summed E-state index contributed by atoms with van der Waals surface area (Å²) in [6, 6.07) is 2.69. The lowest BCUT2D eigenvalue weighted by Gasteiger charge is -2.25. The Hall–Kier alpha value is -1.83. The molecule has 5 nitrogen and oxygen atoms in total. The number of hydrogen-bond acceptors (Lipinski definition) is 3. The lowest BCUT2D eigenvalue weighted by molar-refractivity contribution is -0.175. The molecule has 0 aliphatic heterocycles. The van der Waals surface area contributed by atoms with Crippen molar-refractivity contribution in [2.24, 2.45) is 0 Å². The number of aryl methyl sites for hydroxylation is 1. The number of rotatable bonds is 4. The monoisotopic (exact) mass is 304 g/mol. The maximum Gasteiger partial charge on any atom is 0.411 e. The Morgan fingerprint density at radius 1 is 1.43 bits per heavy atom. The molecular weight excluding hydrogens is 289 g/mol. The molecule has 0 saturated heterocycles. The van der Waals surface area contributed by atoms with Crippen LogP contribution in [0.2, 0.25) is 0 Å². The minimum Gasteiger partial charge on any atom is -0.362 e. The first-order valence-corrected chi connectivity index (χ1v) is 6.51. The van der Waals surface area contributed by atoms with E-state index in [0.29, 0.717) is 12.8 Å². The number of nitrogens with one attached hydrogen (secondary N) is 2. The van der Waals surface area contributed by atoms with Gasteiger partial charge in [0.15, 0.2) is 0 Å². The molecule has 8 heteroatoms. The van der Waals surface area contributed by atoms with Crippen molar-refractivity contribution in [3.63, 3.8) is 0 Å². The van der Waals surface area contributed by atoms with Crippen molar-refractivity contribution in [2.75, 3.05) is 13.2 Å². The lowest BCUT2D eigenvalue weighted by atomic mass is 9.91. The summed E-state index contributed by atoms with van der Waals surface area (Å²) in [5.74, 6) is -0.608. The van der Waals surface area contributed by atoms with Crippen LogP contribution in [0.25, 0.3) is 0 Å². The van der Waals surface area contributed by atoms with E-state index in [1.54, 1.807) is 6.07 Å². The summed E-state index contributed by atoms with van der Waals surface area (Å²) >= 11 is 0. The second kappa shape index (κ2) is 6.30. The van der Waals surface area contributed by atoms with Crippen LogP contribution in [0.3, 0.4) is 0 Å². The van der Waals surface area contributed by atoms with Gasteiger partial charge in [-0.15, -0.1) is 0 Å². The molecule has 0 radical (unpaired) electrons. The second-order valence-electron chi connectivity index (χ2n) is 4.88. The summed E-state index contributed by atoms with van der Waals surface area (Å²) in [4.78, 5) is 25.5. The standard InChI is InChI=1S/C13H15F3N2O3/c14-13(15,16)7-21-6-12(20)18-10-3-1-2-9-8(10)4-5-11(19)17-9/h4-5,10H,1-3,6-7H2,(H,17,19)(H,18,20)/t10-/m1/s1. The van der Waals surface area contributed by atoms with Gasteiger partial charge in [-0.05, 0) is 30.9 Å². The van der Waals surface area contributed by atoms with Gasteiger partial charge in [0.25, 0.3) is 0 Å². The Morgan fingerprint density at radius 3 is 2.90 bits per heavy atom. The van der Waals surface area contributed by atoms with Crippen LogP contribution in [0.1, 0.15) is 30.1 Å². The van der Waals surface area contributed by atoms with Crippen molar-refractivity contribution >= 4 is 5.91 Å². The zero-order chi connectivity index (χ0) is 15.5. The molecule has 1 aromatic rings. The third kappa shape index (κ3) is 4.59. The Kier molecular flexibility index (Phi) is 4.66. The number of fused-ring (bicyclic) bond motifs is 1. The number of pyridine rings is 1. The van der Waals surface area contributed by atoms with Crippen LogP contribution in [0.5, 0.6) is 0 Å². The summed E-state index contributed by atoms with van der Waals surface area (Å²) in [5, 5.41) is 2.63. The molecule has 21 heavy (non-hydrogen) atoms. The molecule has 2 N–H and O–H groups in total. The van der Waals surface area contributed by atoms with E-state index < -0.39 is 25.3 Å². The number of H-pyrrole nitrogens is 1. The number of alkyl halides is 3. The van der Waals surface area contributed by atoms with Gasteiger partial charge in [0.2, 0.25) is 11.5 Å². The predicted molar refractivity (Wildman–Crippen MR) is 67.8 cm³/mol. The first kappa shape index (κ1) is 15.6. The quantitative estimate of drug-likeness (QED) is 0.884. The van der Waals surface area contributed by atoms with E-state index >= 15 is 0 Å². The fourth-order valence-electron chi connectivity index (χ4n) is 2.35. The van der Waals surface area contributed by atoms with Crippen LogP contribution >= 0.6 is 0 Å². The zero-order valence-corrected chi connectivity index (χ0v) is 11.1. The largest absolute Gasteiger partial charge is 0.411 e. The topological polar surface area (TPSA) is 71.2 Å². The van der Waals surface area contributed by atoms with E-state index in [9.17, 15) is 22.8 Å². The highest BCUT2D eigenvalue weighted by Gasteiger charge is 2.28. The van der Waals surface area contributed by atoms with Crippen molar-refractivity contribution in [1.82, 2.24) is 10.3 Å². The predicted octanol–water partition coefficient (Wildman–Crippen LogP) is 1.45. The number of ether oxygens (including phenoxy) is 1. The normalized spacial score (nSPS) is 18.1. The van der Waals surface area contributed by atoms with Crippen molar-refractivity contribution in [2.45, 2.75) is 31.5 Å². The lowest BCUT2D eigenvalue weighted by Crippen LogP contribution is -2.35. The van der Waals surface area contributed by atoms with Crippen LogP contribution in [-0.2, 0) is 16.0 Å². The van der Waals surface area contributed by atoms with Crippen LogP contribution in [-0.4, -0.2) is 30.3 Å². The number of amides is 1. The van der Waals surface area contributed by atoms with E-state index in [-0.39, 0.29) is 11.6 Å². The molecule has 1 aromatic heterocycles. The molecule has 0 fully saturated rings. The SMILES string of the molecule is O=C(COCC(F)(F)F)N[C@@H]1CCCc2[nH]c(=O)ccc21. The summed E-state index contributed by atoms with van der Waals surface area (Å²) in [6.07, 6.45) is -2.29. The van der Waals surface area contributed by atoms with E-state index in [2.05, 4.69) is 15.0 Å². The van der Waals surface area contributed by atoms with Gasteiger partial charge < -0.3 is 15.0 Å². The van der Waals surface area contributed by atoms with Crippen molar-refractivity contribution < 1.29 is 22.7 Å². The fraction of sp³-hybridized carbons (Fsp3) is 0.538. The molecule has 0 unspecified atom stereocenters. The zero-order valence-electron chi connectivity index (χ0n) is 11.1. The summed E-state index contributed by atoms with van der Waals surface area (Å²) in [6.45, 7) is -2.09. The number of carbonyl (C=O) groups excluding carboxylic acids is 1. The molecule has 1 heterocycles. The smallest absolute Gasteiger partial charge is 0.362 e. The van der Waals surface area contributed by atoms with Gasteiger partial charge in [0.05, 0.1) is 6.04 Å². The minimum absolute atomic E-state index is 0.214. The Morgan fingerprint density at radius 2 is 2.19 bits per heavy atom. The average molecular weight is 304 g/mol. The van der Waals surface area contributed by atoms with E-state index in [1.807, 2.05) is 0 Å². The highest BCUT2D eigenvalue weighted by molar-refractivity contribution is 5.77. The molecule has 0 saturated carbocycles. The molecule has 116 valence electrons. The molecule has 0 bridgehead atoms. The summed E-state index contributed by atoms with van der Waals surface area (Å²) in [7, 11) is 0. The number of halogens is 3. The van der Waals surface area contributed by atoms with Crippen molar-refractivity contribution in [1.29, 1.82) is 0 Å². The van der Waals surface area contributed by atoms with Gasteiger partial charge in [-0.3, -0.25) is 9.59 Å². The molecule has 1 aliphatic carbocycles. The first-order valence-electron chi connectivity index (χ1n) is 6.51. The number of aromatic amines is 1. The third-order valence-corrected chi connectivity index (χ3v) is 3.17. The van der Waals surface area contributed by atoms with Gasteiger partial charge in [-0.1, -0.05) is 0 Å².